The fourth-order valence-electron chi connectivity index (χ4n) is 6.50. The molecule has 2 aromatic heterocycles. The lowest BCUT2D eigenvalue weighted by Crippen LogP contribution is -2.60. The molecule has 3 amide bonds. The van der Waals surface area contributed by atoms with Crippen molar-refractivity contribution in [3.63, 3.8) is 0 Å². The third-order valence-corrected chi connectivity index (χ3v) is 8.64. The zero-order valence-electron chi connectivity index (χ0n) is 21.6. The van der Waals surface area contributed by atoms with E-state index in [0.29, 0.717) is 23.8 Å². The standard InChI is InChI=1S/C28H30N6O4S/c1-16(35)31-19-5-6-22-18(12-19)13-21(27(38)29-8-7-24(36)32-28-30-9-10-39-28)26-20-11-17(15-34(22)26)14-33-23(20)3-2-4-25(33)37/h2-6,9-10,12,17,20-21,26H,7-8,11,13-15H2,1H3,(H,29,38)(H,31,35)(H,30,32,36). The minimum atomic E-state index is -0.389. The van der Waals surface area contributed by atoms with E-state index < -0.39 is 0 Å². The molecule has 1 fully saturated rings. The molecule has 0 radical (unpaired) electrons. The predicted molar refractivity (Wildman–Crippen MR) is 149 cm³/mol. The zero-order valence-corrected chi connectivity index (χ0v) is 22.4. The molecule has 202 valence electrons. The van der Waals surface area contributed by atoms with Crippen molar-refractivity contribution in [2.75, 3.05) is 28.6 Å². The predicted octanol–water partition coefficient (Wildman–Crippen LogP) is 2.57. The van der Waals surface area contributed by atoms with E-state index in [1.54, 1.807) is 23.7 Å². The number of pyridine rings is 1. The number of nitrogens with one attached hydrogen (secondary N) is 3. The fraction of sp³-hybridized carbons (Fsp3) is 0.393. The molecule has 5 heterocycles. The average molecular weight is 547 g/mol. The Kier molecular flexibility index (Phi) is 6.68. The Morgan fingerprint density at radius 2 is 2.00 bits per heavy atom. The number of thiazole rings is 1. The summed E-state index contributed by atoms with van der Waals surface area (Å²) in [6, 6.07) is 11.2. The summed E-state index contributed by atoms with van der Waals surface area (Å²) in [5.74, 6) is -0.543. The third kappa shape index (κ3) is 4.94. The first kappa shape index (κ1) is 25.3. The minimum absolute atomic E-state index is 0.000877. The number of rotatable bonds is 6. The largest absolute Gasteiger partial charge is 0.366 e. The van der Waals surface area contributed by atoms with E-state index in [9.17, 15) is 19.2 Å². The second kappa shape index (κ2) is 10.3. The van der Waals surface area contributed by atoms with Gasteiger partial charge in [0.2, 0.25) is 17.7 Å². The average Bonchev–Trinajstić information content (AvgIpc) is 3.41. The highest BCUT2D eigenvalue weighted by atomic mass is 32.1. The highest BCUT2D eigenvalue weighted by Gasteiger charge is 2.49. The molecular formula is C28H30N6O4S. The van der Waals surface area contributed by atoms with Gasteiger partial charge in [0.1, 0.15) is 0 Å². The number of fused-ring (bicyclic) bond motifs is 8. The van der Waals surface area contributed by atoms with Gasteiger partial charge in [0, 0.05) is 79.7 Å². The molecule has 0 aliphatic carbocycles. The molecule has 1 aromatic carbocycles. The summed E-state index contributed by atoms with van der Waals surface area (Å²) < 4.78 is 1.88. The van der Waals surface area contributed by atoms with Gasteiger partial charge in [-0.3, -0.25) is 19.2 Å². The molecule has 11 heteroatoms. The van der Waals surface area contributed by atoms with E-state index in [-0.39, 0.29) is 60.0 Å². The van der Waals surface area contributed by atoms with Crippen molar-refractivity contribution in [3.8, 4) is 0 Å². The summed E-state index contributed by atoms with van der Waals surface area (Å²) in [7, 11) is 0. The second-order valence-corrected chi connectivity index (χ2v) is 11.4. The van der Waals surface area contributed by atoms with Crippen molar-refractivity contribution >= 4 is 45.6 Å². The van der Waals surface area contributed by atoms with Gasteiger partial charge >= 0.3 is 0 Å². The third-order valence-electron chi connectivity index (χ3n) is 7.95. The Balaban J connectivity index is 1.28. The Bertz CT molecular complexity index is 1490. The van der Waals surface area contributed by atoms with E-state index in [0.717, 1.165) is 29.9 Å². The molecule has 0 saturated carbocycles. The molecule has 3 N–H and O–H groups in total. The lowest BCUT2D eigenvalue weighted by molar-refractivity contribution is -0.126. The van der Waals surface area contributed by atoms with Gasteiger partial charge in [-0.1, -0.05) is 6.07 Å². The van der Waals surface area contributed by atoms with Crippen LogP contribution in [0.3, 0.4) is 0 Å². The minimum Gasteiger partial charge on any atom is -0.366 e. The number of nitrogens with zero attached hydrogens (tertiary/aromatic N) is 3. The van der Waals surface area contributed by atoms with Gasteiger partial charge in [-0.2, -0.15) is 0 Å². The molecule has 2 bridgehead atoms. The van der Waals surface area contributed by atoms with Crippen LogP contribution >= 0.6 is 11.3 Å². The van der Waals surface area contributed by atoms with Gasteiger partial charge < -0.3 is 25.4 Å². The van der Waals surface area contributed by atoms with Gasteiger partial charge in [-0.25, -0.2) is 4.98 Å². The molecule has 3 aliphatic rings. The van der Waals surface area contributed by atoms with Crippen molar-refractivity contribution in [2.24, 2.45) is 11.8 Å². The van der Waals surface area contributed by atoms with Crippen LogP contribution in [0.2, 0.25) is 0 Å². The molecule has 6 rings (SSSR count). The first-order valence-electron chi connectivity index (χ1n) is 13.2. The molecule has 1 saturated heterocycles. The maximum atomic E-state index is 13.7. The number of anilines is 3. The normalized spacial score (nSPS) is 22.6. The van der Waals surface area contributed by atoms with Gasteiger partial charge in [-0.15, -0.1) is 11.3 Å². The first-order valence-corrected chi connectivity index (χ1v) is 14.1. The van der Waals surface area contributed by atoms with Crippen LogP contribution in [0.5, 0.6) is 0 Å². The molecule has 39 heavy (non-hydrogen) atoms. The van der Waals surface area contributed by atoms with Crippen LogP contribution in [-0.2, 0) is 27.3 Å². The number of carbonyl (C=O) groups excluding carboxylic acids is 3. The molecule has 3 aromatic rings. The van der Waals surface area contributed by atoms with Gasteiger partial charge in [0.15, 0.2) is 5.13 Å². The summed E-state index contributed by atoms with van der Waals surface area (Å²) >= 11 is 1.34. The number of hydrogen-bond acceptors (Lipinski definition) is 7. The Hall–Kier alpha value is -3.99. The van der Waals surface area contributed by atoms with E-state index in [1.807, 2.05) is 28.8 Å². The van der Waals surface area contributed by atoms with E-state index >= 15 is 0 Å². The number of piperidine rings is 1. The molecule has 3 aliphatic heterocycles. The molecular weight excluding hydrogens is 516 g/mol. The van der Waals surface area contributed by atoms with Crippen LogP contribution in [0.25, 0.3) is 0 Å². The van der Waals surface area contributed by atoms with Crippen LogP contribution in [0.15, 0.2) is 52.8 Å². The molecule has 4 atom stereocenters. The first-order chi connectivity index (χ1) is 18.9. The van der Waals surface area contributed by atoms with Crippen LogP contribution in [0.1, 0.15) is 36.9 Å². The van der Waals surface area contributed by atoms with Crippen molar-refractivity contribution in [1.29, 1.82) is 0 Å². The fourth-order valence-corrected chi connectivity index (χ4v) is 7.05. The number of benzene rings is 1. The summed E-state index contributed by atoms with van der Waals surface area (Å²) in [6.45, 7) is 3.09. The van der Waals surface area contributed by atoms with E-state index in [4.69, 9.17) is 0 Å². The number of amides is 3. The Labute approximate surface area is 229 Å². The van der Waals surface area contributed by atoms with Crippen molar-refractivity contribution < 1.29 is 14.4 Å². The SMILES string of the molecule is CC(=O)Nc1ccc2c(c1)CC(C(=O)NCCC(=O)Nc1nccs1)C1C3CC(CN21)Cn1c3cccc1=O. The van der Waals surface area contributed by atoms with E-state index in [2.05, 4.69) is 25.8 Å². The number of carbonyl (C=O) groups is 3. The smallest absolute Gasteiger partial charge is 0.250 e. The van der Waals surface area contributed by atoms with Crippen LogP contribution < -0.4 is 26.4 Å². The highest BCUT2D eigenvalue weighted by Crippen LogP contribution is 2.48. The van der Waals surface area contributed by atoms with Crippen LogP contribution in [0.4, 0.5) is 16.5 Å². The summed E-state index contributed by atoms with van der Waals surface area (Å²) in [5.41, 5.74) is 3.75. The zero-order chi connectivity index (χ0) is 27.1. The molecule has 0 spiro atoms. The molecule has 4 unspecified atom stereocenters. The summed E-state index contributed by atoms with van der Waals surface area (Å²) in [4.78, 5) is 56.9. The number of aromatic nitrogens is 2. The lowest BCUT2D eigenvalue weighted by Gasteiger charge is -2.54. The van der Waals surface area contributed by atoms with Crippen molar-refractivity contribution in [1.82, 2.24) is 14.9 Å². The number of hydrogen-bond donors (Lipinski definition) is 3. The van der Waals surface area contributed by atoms with Gasteiger partial charge in [0.05, 0.1) is 5.92 Å². The molecule has 10 nitrogen and oxygen atoms in total. The van der Waals surface area contributed by atoms with Crippen LogP contribution in [-0.4, -0.2) is 46.4 Å². The van der Waals surface area contributed by atoms with Gasteiger partial charge in [-0.05, 0) is 48.6 Å². The Morgan fingerprint density at radius 1 is 1.13 bits per heavy atom. The Morgan fingerprint density at radius 3 is 2.79 bits per heavy atom. The van der Waals surface area contributed by atoms with Crippen LogP contribution in [0, 0.1) is 11.8 Å². The highest BCUT2D eigenvalue weighted by molar-refractivity contribution is 7.13. The maximum Gasteiger partial charge on any atom is 0.250 e. The van der Waals surface area contributed by atoms with E-state index in [1.165, 1.54) is 18.3 Å². The second-order valence-electron chi connectivity index (χ2n) is 10.5. The maximum absolute atomic E-state index is 13.7. The monoisotopic (exact) mass is 546 g/mol. The topological polar surface area (TPSA) is 125 Å². The van der Waals surface area contributed by atoms with Crippen molar-refractivity contribution in [2.45, 2.75) is 44.7 Å². The van der Waals surface area contributed by atoms with Crippen molar-refractivity contribution in [3.05, 3.63) is 69.6 Å². The lowest BCUT2D eigenvalue weighted by atomic mass is 9.69. The van der Waals surface area contributed by atoms with Gasteiger partial charge in [0.25, 0.3) is 5.56 Å². The summed E-state index contributed by atoms with van der Waals surface area (Å²) in [6.07, 6.45) is 3.18. The quantitative estimate of drug-likeness (QED) is 0.437. The summed E-state index contributed by atoms with van der Waals surface area (Å²) in [5, 5.41) is 10.9.